The van der Waals surface area contributed by atoms with Gasteiger partial charge in [-0.1, -0.05) is 0 Å². The number of ether oxygens (including phenoxy) is 1. The van der Waals surface area contributed by atoms with E-state index in [2.05, 4.69) is 4.74 Å². The summed E-state index contributed by atoms with van der Waals surface area (Å²) in [6, 6.07) is 1.94. The molecule has 1 aromatic heterocycles. The van der Waals surface area contributed by atoms with E-state index in [1.165, 1.54) is 19.2 Å². The van der Waals surface area contributed by atoms with E-state index in [-0.39, 0.29) is 11.5 Å². The van der Waals surface area contributed by atoms with Crippen molar-refractivity contribution in [2.45, 2.75) is 17.6 Å². The Kier molecular flexibility index (Phi) is 3.71. The normalized spacial score (nSPS) is 13.4. The molecule has 0 aliphatic heterocycles. The molecule has 0 aromatic carbocycles. The van der Waals surface area contributed by atoms with Crippen molar-refractivity contribution in [2.75, 3.05) is 13.4 Å². The minimum atomic E-state index is -3.37. The lowest BCUT2D eigenvalue weighted by Crippen LogP contribution is -2.33. The van der Waals surface area contributed by atoms with Crippen molar-refractivity contribution in [3.8, 4) is 0 Å². The third kappa shape index (κ3) is 3.07. The fourth-order valence-corrected chi connectivity index (χ4v) is 1.69. The van der Waals surface area contributed by atoms with Gasteiger partial charge in [-0.3, -0.25) is 4.79 Å². The maximum absolute atomic E-state index is 11.1. The Bertz CT molecular complexity index is 476. The van der Waals surface area contributed by atoms with Gasteiger partial charge in [0.25, 0.3) is 0 Å². The molecule has 0 aliphatic carbocycles. The first-order valence-corrected chi connectivity index (χ1v) is 6.36. The van der Waals surface area contributed by atoms with E-state index in [0.29, 0.717) is 5.76 Å². The van der Waals surface area contributed by atoms with Crippen LogP contribution in [-0.2, 0) is 25.8 Å². The Hall–Kier alpha value is -1.34. The highest BCUT2D eigenvalue weighted by Gasteiger charge is 2.18. The van der Waals surface area contributed by atoms with Crippen molar-refractivity contribution >= 4 is 15.8 Å². The number of methoxy groups -OCH3 is 1. The monoisotopic (exact) mass is 247 g/mol. The van der Waals surface area contributed by atoms with Crippen LogP contribution in [0.3, 0.4) is 0 Å². The first kappa shape index (κ1) is 12.7. The lowest BCUT2D eigenvalue weighted by molar-refractivity contribution is -0.142. The van der Waals surface area contributed by atoms with Crippen LogP contribution in [-0.4, -0.2) is 33.8 Å². The van der Waals surface area contributed by atoms with Gasteiger partial charge in [-0.15, -0.1) is 0 Å². The quantitative estimate of drug-likeness (QED) is 0.735. The highest BCUT2D eigenvalue weighted by atomic mass is 32.2. The van der Waals surface area contributed by atoms with E-state index in [1.807, 2.05) is 0 Å². The molecule has 1 aromatic rings. The van der Waals surface area contributed by atoms with E-state index >= 15 is 0 Å². The molecule has 1 rings (SSSR count). The van der Waals surface area contributed by atoms with Crippen LogP contribution < -0.4 is 5.73 Å². The smallest absolute Gasteiger partial charge is 0.323 e. The molecule has 7 heteroatoms. The van der Waals surface area contributed by atoms with Gasteiger partial charge in [-0.2, -0.15) is 0 Å². The number of carbonyl (C=O) groups is 1. The predicted molar refractivity (Wildman–Crippen MR) is 55.5 cm³/mol. The molecule has 0 unspecified atom stereocenters. The van der Waals surface area contributed by atoms with Gasteiger partial charge in [-0.25, -0.2) is 8.42 Å². The second kappa shape index (κ2) is 4.67. The Morgan fingerprint density at radius 1 is 1.56 bits per heavy atom. The lowest BCUT2D eigenvalue weighted by atomic mass is 10.2. The predicted octanol–water partition coefficient (Wildman–Crippen LogP) is -0.274. The summed E-state index contributed by atoms with van der Waals surface area (Å²) in [5, 5.41) is -0.139. The molecule has 0 spiro atoms. The number of hydrogen-bond acceptors (Lipinski definition) is 6. The average Bonchev–Trinajstić information content (AvgIpc) is 2.64. The number of hydrogen-bond donors (Lipinski definition) is 1. The van der Waals surface area contributed by atoms with Crippen LogP contribution in [0, 0.1) is 0 Å². The van der Waals surface area contributed by atoms with E-state index in [0.717, 1.165) is 6.26 Å². The summed E-state index contributed by atoms with van der Waals surface area (Å²) in [6.07, 6.45) is 1.14. The summed E-state index contributed by atoms with van der Waals surface area (Å²) in [4.78, 5) is 11.0. The molecule has 1 heterocycles. The Labute approximate surface area is 93.3 Å². The van der Waals surface area contributed by atoms with E-state index in [4.69, 9.17) is 10.2 Å². The van der Waals surface area contributed by atoms with Gasteiger partial charge in [-0.05, 0) is 12.1 Å². The molecule has 16 heavy (non-hydrogen) atoms. The van der Waals surface area contributed by atoms with Crippen LogP contribution >= 0.6 is 0 Å². The molecular formula is C9H13NO5S. The van der Waals surface area contributed by atoms with Gasteiger partial charge in [0.2, 0.25) is 14.9 Å². The molecule has 0 amide bonds. The van der Waals surface area contributed by atoms with Crippen molar-refractivity contribution in [3.05, 3.63) is 17.9 Å². The van der Waals surface area contributed by atoms with Gasteiger partial charge in [0, 0.05) is 12.7 Å². The summed E-state index contributed by atoms with van der Waals surface area (Å²) < 4.78 is 31.7. The zero-order valence-electron chi connectivity index (χ0n) is 8.97. The molecule has 0 fully saturated rings. The summed E-state index contributed by atoms with van der Waals surface area (Å²) in [7, 11) is -2.14. The third-order valence-corrected chi connectivity index (χ3v) is 2.88. The number of rotatable bonds is 4. The standard InChI is InChI=1S/C9H13NO5S/c1-14-9(11)7(10)5-6-3-4-8(15-6)16(2,12)13/h3-4,7H,5,10H2,1-2H3/t7-/m0/s1. The maximum Gasteiger partial charge on any atom is 0.323 e. The van der Waals surface area contributed by atoms with Crippen LogP contribution in [0.4, 0.5) is 0 Å². The molecule has 1 atom stereocenters. The largest absolute Gasteiger partial charge is 0.468 e. The third-order valence-electron chi connectivity index (χ3n) is 1.93. The molecule has 0 saturated heterocycles. The minimum absolute atomic E-state index is 0.0994. The number of sulfone groups is 1. The van der Waals surface area contributed by atoms with E-state index in [9.17, 15) is 13.2 Å². The summed E-state index contributed by atoms with van der Waals surface area (Å²) in [5.74, 6) is -0.240. The lowest BCUT2D eigenvalue weighted by Gasteiger charge is -2.06. The summed E-state index contributed by atoms with van der Waals surface area (Å²) in [6.45, 7) is 0. The fourth-order valence-electron chi connectivity index (χ4n) is 1.12. The van der Waals surface area contributed by atoms with Crippen molar-refractivity contribution < 1.29 is 22.4 Å². The van der Waals surface area contributed by atoms with Crippen molar-refractivity contribution in [1.29, 1.82) is 0 Å². The molecule has 0 aliphatic rings. The molecule has 6 nitrogen and oxygen atoms in total. The zero-order valence-corrected chi connectivity index (χ0v) is 9.78. The molecule has 2 N–H and O–H groups in total. The fraction of sp³-hybridized carbons (Fsp3) is 0.444. The first-order chi connectivity index (χ1) is 7.34. The summed E-state index contributed by atoms with van der Waals surface area (Å²) in [5.41, 5.74) is 5.49. The number of carbonyl (C=O) groups excluding carboxylic acids is 1. The van der Waals surface area contributed by atoms with Crippen molar-refractivity contribution in [1.82, 2.24) is 0 Å². The molecule has 0 saturated carbocycles. The average molecular weight is 247 g/mol. The van der Waals surface area contributed by atoms with Gasteiger partial charge in [0.05, 0.1) is 7.11 Å². The first-order valence-electron chi connectivity index (χ1n) is 4.46. The number of nitrogens with two attached hydrogens (primary N) is 1. The van der Waals surface area contributed by atoms with E-state index in [1.54, 1.807) is 0 Å². The van der Waals surface area contributed by atoms with Gasteiger partial charge < -0.3 is 14.9 Å². The SMILES string of the molecule is COC(=O)[C@@H](N)Cc1ccc(S(C)(=O)=O)o1. The van der Waals surface area contributed by atoms with Crippen molar-refractivity contribution in [2.24, 2.45) is 5.73 Å². The van der Waals surface area contributed by atoms with Gasteiger partial charge in [0.15, 0.2) is 0 Å². The minimum Gasteiger partial charge on any atom is -0.468 e. The highest BCUT2D eigenvalue weighted by molar-refractivity contribution is 7.90. The molecule has 0 bridgehead atoms. The molecular weight excluding hydrogens is 234 g/mol. The summed E-state index contributed by atoms with van der Waals surface area (Å²) >= 11 is 0. The van der Waals surface area contributed by atoms with Crippen LogP contribution in [0.5, 0.6) is 0 Å². The Morgan fingerprint density at radius 3 is 2.62 bits per heavy atom. The van der Waals surface area contributed by atoms with Crippen LogP contribution in [0.2, 0.25) is 0 Å². The zero-order chi connectivity index (χ0) is 12.3. The van der Waals surface area contributed by atoms with Gasteiger partial charge in [0.1, 0.15) is 11.8 Å². The second-order valence-corrected chi connectivity index (χ2v) is 5.27. The Balaban J connectivity index is 2.77. The van der Waals surface area contributed by atoms with Crippen LogP contribution in [0.1, 0.15) is 5.76 Å². The van der Waals surface area contributed by atoms with E-state index < -0.39 is 21.8 Å². The van der Waals surface area contributed by atoms with Crippen molar-refractivity contribution in [3.63, 3.8) is 0 Å². The molecule has 90 valence electrons. The Morgan fingerprint density at radius 2 is 2.19 bits per heavy atom. The second-order valence-electron chi connectivity index (χ2n) is 3.33. The number of furan rings is 1. The number of esters is 1. The van der Waals surface area contributed by atoms with Gasteiger partial charge >= 0.3 is 5.97 Å². The maximum atomic E-state index is 11.1. The van der Waals surface area contributed by atoms with Crippen LogP contribution in [0.15, 0.2) is 21.6 Å². The molecule has 0 radical (unpaired) electrons. The van der Waals surface area contributed by atoms with Crippen LogP contribution in [0.25, 0.3) is 0 Å². The highest BCUT2D eigenvalue weighted by Crippen LogP contribution is 2.14. The topological polar surface area (TPSA) is 99.6 Å².